The van der Waals surface area contributed by atoms with Crippen molar-refractivity contribution in [2.75, 3.05) is 0 Å². The summed E-state index contributed by atoms with van der Waals surface area (Å²) >= 11 is 5.87. The van der Waals surface area contributed by atoms with Crippen molar-refractivity contribution in [1.29, 1.82) is 0 Å². The van der Waals surface area contributed by atoms with E-state index < -0.39 is 0 Å². The fourth-order valence-electron chi connectivity index (χ4n) is 1.61. The van der Waals surface area contributed by atoms with E-state index in [1.807, 2.05) is 0 Å². The zero-order valence-corrected chi connectivity index (χ0v) is 9.19. The molecule has 0 aliphatic carbocycles. The van der Waals surface area contributed by atoms with Crippen molar-refractivity contribution in [1.82, 2.24) is 0 Å². The molecule has 0 fully saturated rings. The van der Waals surface area contributed by atoms with Crippen molar-refractivity contribution in [2.45, 2.75) is 6.61 Å². The van der Waals surface area contributed by atoms with Crippen molar-refractivity contribution in [2.24, 2.45) is 0 Å². The van der Waals surface area contributed by atoms with Gasteiger partial charge in [-0.25, -0.2) is 0 Å². The molecule has 0 spiro atoms. The van der Waals surface area contributed by atoms with Crippen LogP contribution in [0.3, 0.4) is 0 Å². The Kier molecular flexibility index (Phi) is 3.08. The highest BCUT2D eigenvalue weighted by Gasteiger charge is 2.14. The van der Waals surface area contributed by atoms with Gasteiger partial charge in [-0.15, -0.1) is 0 Å². The highest BCUT2D eigenvalue weighted by Crippen LogP contribution is 2.22. The summed E-state index contributed by atoms with van der Waals surface area (Å²) in [6, 6.07) is 10.3. The van der Waals surface area contributed by atoms with E-state index in [1.54, 1.807) is 36.4 Å². The number of benzene rings is 1. The van der Waals surface area contributed by atoms with Gasteiger partial charge in [0.25, 0.3) is 0 Å². The zero-order chi connectivity index (χ0) is 11.5. The standard InChI is InChI=1S/C12H10ClNO2/c13-11-5-1-3-9(7-11)12-10(8-15)4-2-6-14(12)16/h1-7,15H,8H2. The van der Waals surface area contributed by atoms with Crippen molar-refractivity contribution in [3.8, 4) is 11.3 Å². The third kappa shape index (κ3) is 2.01. The number of aliphatic hydroxyl groups is 1. The lowest BCUT2D eigenvalue weighted by molar-refractivity contribution is -0.594. The number of hydrogen-bond donors (Lipinski definition) is 1. The molecule has 2 aromatic rings. The summed E-state index contributed by atoms with van der Waals surface area (Å²) in [4.78, 5) is 0. The maximum absolute atomic E-state index is 11.7. The molecule has 0 bridgehead atoms. The molecule has 4 heteroatoms. The molecule has 1 aromatic carbocycles. The van der Waals surface area contributed by atoms with Crippen molar-refractivity contribution < 1.29 is 9.84 Å². The van der Waals surface area contributed by atoms with Crippen LogP contribution in [0.25, 0.3) is 11.3 Å². The Morgan fingerprint density at radius 1 is 1.25 bits per heavy atom. The summed E-state index contributed by atoms with van der Waals surface area (Å²) in [5, 5.41) is 21.4. The van der Waals surface area contributed by atoms with Gasteiger partial charge in [-0.1, -0.05) is 17.7 Å². The van der Waals surface area contributed by atoms with Crippen LogP contribution in [0.5, 0.6) is 0 Å². The Morgan fingerprint density at radius 3 is 2.75 bits per heavy atom. The van der Waals surface area contributed by atoms with E-state index in [0.717, 1.165) is 4.73 Å². The van der Waals surface area contributed by atoms with Crippen LogP contribution in [0, 0.1) is 5.21 Å². The number of aromatic nitrogens is 1. The second-order valence-electron chi connectivity index (χ2n) is 3.38. The van der Waals surface area contributed by atoms with Crippen molar-refractivity contribution in [3.63, 3.8) is 0 Å². The van der Waals surface area contributed by atoms with Crippen LogP contribution < -0.4 is 4.73 Å². The van der Waals surface area contributed by atoms with E-state index in [0.29, 0.717) is 21.8 Å². The second-order valence-corrected chi connectivity index (χ2v) is 3.81. The van der Waals surface area contributed by atoms with Crippen LogP contribution in [0.1, 0.15) is 5.56 Å². The van der Waals surface area contributed by atoms with E-state index in [9.17, 15) is 10.3 Å². The quantitative estimate of drug-likeness (QED) is 0.640. The summed E-state index contributed by atoms with van der Waals surface area (Å²) in [5.74, 6) is 0. The van der Waals surface area contributed by atoms with Crippen LogP contribution in [0.15, 0.2) is 42.6 Å². The third-order valence-corrected chi connectivity index (χ3v) is 2.55. The molecule has 1 heterocycles. The first-order valence-corrected chi connectivity index (χ1v) is 5.18. The fraction of sp³-hybridized carbons (Fsp3) is 0.0833. The van der Waals surface area contributed by atoms with Gasteiger partial charge in [0.2, 0.25) is 5.69 Å². The predicted octanol–water partition coefficient (Wildman–Crippen LogP) is 2.13. The van der Waals surface area contributed by atoms with Gasteiger partial charge in [-0.05, 0) is 24.3 Å². The summed E-state index contributed by atoms with van der Waals surface area (Å²) in [6.45, 7) is -0.176. The number of nitrogens with zero attached hydrogens (tertiary/aromatic N) is 1. The molecule has 0 aliphatic heterocycles. The van der Waals surface area contributed by atoms with Gasteiger partial charge in [0, 0.05) is 16.7 Å². The minimum Gasteiger partial charge on any atom is -0.618 e. The summed E-state index contributed by atoms with van der Waals surface area (Å²) in [7, 11) is 0. The minimum atomic E-state index is -0.176. The van der Waals surface area contributed by atoms with Gasteiger partial charge in [0.15, 0.2) is 6.20 Å². The molecule has 0 amide bonds. The van der Waals surface area contributed by atoms with Crippen LogP contribution in [0.2, 0.25) is 5.02 Å². The molecule has 16 heavy (non-hydrogen) atoms. The first-order chi connectivity index (χ1) is 7.72. The van der Waals surface area contributed by atoms with Crippen LogP contribution >= 0.6 is 11.6 Å². The lowest BCUT2D eigenvalue weighted by Crippen LogP contribution is -2.29. The first kappa shape index (κ1) is 10.9. The molecule has 0 saturated heterocycles. The van der Waals surface area contributed by atoms with Gasteiger partial charge in [-0.3, -0.25) is 0 Å². The molecular formula is C12H10ClNO2. The summed E-state index contributed by atoms with van der Waals surface area (Å²) < 4.78 is 0.733. The Balaban J connectivity index is 2.63. The number of hydrogen-bond acceptors (Lipinski definition) is 2. The molecule has 1 aromatic heterocycles. The molecule has 82 valence electrons. The van der Waals surface area contributed by atoms with Crippen molar-refractivity contribution >= 4 is 11.6 Å². The number of rotatable bonds is 2. The Bertz CT molecular complexity index is 514. The van der Waals surface area contributed by atoms with E-state index in [-0.39, 0.29) is 6.61 Å². The highest BCUT2D eigenvalue weighted by molar-refractivity contribution is 6.30. The van der Waals surface area contributed by atoms with Crippen LogP contribution in [-0.2, 0) is 6.61 Å². The molecular weight excluding hydrogens is 226 g/mol. The molecule has 0 unspecified atom stereocenters. The molecule has 0 radical (unpaired) electrons. The van der Waals surface area contributed by atoms with Crippen LogP contribution in [0.4, 0.5) is 0 Å². The SMILES string of the molecule is [O-][n+]1cccc(CO)c1-c1cccc(Cl)c1. The lowest BCUT2D eigenvalue weighted by atomic mass is 10.1. The first-order valence-electron chi connectivity index (χ1n) is 4.80. The minimum absolute atomic E-state index is 0.176. The monoisotopic (exact) mass is 235 g/mol. The number of halogens is 1. The third-order valence-electron chi connectivity index (χ3n) is 2.31. The largest absolute Gasteiger partial charge is 0.618 e. The Morgan fingerprint density at radius 2 is 2.06 bits per heavy atom. The topological polar surface area (TPSA) is 47.2 Å². The highest BCUT2D eigenvalue weighted by atomic mass is 35.5. The predicted molar refractivity (Wildman–Crippen MR) is 61.8 cm³/mol. The maximum atomic E-state index is 11.7. The fourth-order valence-corrected chi connectivity index (χ4v) is 1.80. The summed E-state index contributed by atoms with van der Waals surface area (Å²) in [6.07, 6.45) is 1.40. The average Bonchev–Trinajstić information content (AvgIpc) is 2.28. The van der Waals surface area contributed by atoms with E-state index in [2.05, 4.69) is 0 Å². The lowest BCUT2D eigenvalue weighted by Gasteiger charge is -2.08. The Hall–Kier alpha value is -1.58. The molecule has 0 aliphatic rings. The molecule has 3 nitrogen and oxygen atoms in total. The van der Waals surface area contributed by atoms with Gasteiger partial charge >= 0.3 is 0 Å². The van der Waals surface area contributed by atoms with Gasteiger partial charge in [0.05, 0.1) is 12.2 Å². The average molecular weight is 236 g/mol. The van der Waals surface area contributed by atoms with Crippen LogP contribution in [-0.4, -0.2) is 5.11 Å². The molecule has 0 atom stereocenters. The van der Waals surface area contributed by atoms with Crippen molar-refractivity contribution in [3.05, 3.63) is 58.4 Å². The summed E-state index contributed by atoms with van der Waals surface area (Å²) in [5.41, 5.74) is 1.72. The normalized spacial score (nSPS) is 10.4. The van der Waals surface area contributed by atoms with Gasteiger partial charge in [0.1, 0.15) is 0 Å². The second kappa shape index (κ2) is 4.51. The zero-order valence-electron chi connectivity index (χ0n) is 8.43. The maximum Gasteiger partial charge on any atom is 0.229 e. The number of aliphatic hydroxyl groups excluding tert-OH is 1. The van der Waals surface area contributed by atoms with Gasteiger partial charge < -0.3 is 10.3 Å². The van der Waals surface area contributed by atoms with Gasteiger partial charge in [-0.2, -0.15) is 4.73 Å². The molecule has 0 saturated carbocycles. The Labute approximate surface area is 98.1 Å². The van der Waals surface area contributed by atoms with E-state index in [1.165, 1.54) is 6.20 Å². The molecule has 1 N–H and O–H groups in total. The van der Waals surface area contributed by atoms with E-state index in [4.69, 9.17) is 11.6 Å². The molecule has 2 rings (SSSR count). The smallest absolute Gasteiger partial charge is 0.229 e. The van der Waals surface area contributed by atoms with E-state index >= 15 is 0 Å². The number of pyridine rings is 1.